The van der Waals surface area contributed by atoms with Crippen LogP contribution in [0.25, 0.3) is 11.7 Å². The summed E-state index contributed by atoms with van der Waals surface area (Å²) in [5.41, 5.74) is 1.71. The Kier molecular flexibility index (Phi) is 7.28. The lowest BCUT2D eigenvalue weighted by molar-refractivity contribution is -0.117. The SMILES string of the molecule is Cc1ccc(C(C)C)c(Oc2nc3ccccn3c(=O)c2/C=C(\C#N)C(=O)NCC2CCCO2)c1. The molecular formula is C27H28N4O4. The van der Waals surface area contributed by atoms with Gasteiger partial charge in [-0.3, -0.25) is 14.0 Å². The molecule has 1 aliphatic heterocycles. The van der Waals surface area contributed by atoms with Crippen molar-refractivity contribution in [1.29, 1.82) is 5.26 Å². The largest absolute Gasteiger partial charge is 0.438 e. The van der Waals surface area contributed by atoms with Crippen molar-refractivity contribution in [3.05, 3.63) is 75.2 Å². The summed E-state index contributed by atoms with van der Waals surface area (Å²) in [6.45, 7) is 7.02. The van der Waals surface area contributed by atoms with Crippen LogP contribution in [0.4, 0.5) is 0 Å². The fraction of sp³-hybridized carbons (Fsp3) is 0.333. The predicted octanol–water partition coefficient (Wildman–Crippen LogP) is 4.12. The molecule has 1 atom stereocenters. The molecule has 4 rings (SSSR count). The fourth-order valence-corrected chi connectivity index (χ4v) is 3.99. The zero-order chi connectivity index (χ0) is 24.9. The second kappa shape index (κ2) is 10.5. The Labute approximate surface area is 203 Å². The highest BCUT2D eigenvalue weighted by atomic mass is 16.5. The molecule has 8 heteroatoms. The van der Waals surface area contributed by atoms with Crippen LogP contribution in [0, 0.1) is 18.3 Å². The van der Waals surface area contributed by atoms with Crippen LogP contribution in [0.3, 0.4) is 0 Å². The summed E-state index contributed by atoms with van der Waals surface area (Å²) < 4.78 is 13.1. The van der Waals surface area contributed by atoms with Crippen LogP contribution in [0.5, 0.6) is 11.6 Å². The number of pyridine rings is 1. The minimum Gasteiger partial charge on any atom is -0.438 e. The topological polar surface area (TPSA) is 106 Å². The van der Waals surface area contributed by atoms with Crippen LogP contribution in [-0.2, 0) is 9.53 Å². The number of fused-ring (bicyclic) bond motifs is 1. The maximum Gasteiger partial charge on any atom is 0.269 e. The van der Waals surface area contributed by atoms with Gasteiger partial charge in [0.25, 0.3) is 11.5 Å². The van der Waals surface area contributed by atoms with Crippen molar-refractivity contribution < 1.29 is 14.3 Å². The van der Waals surface area contributed by atoms with Gasteiger partial charge < -0.3 is 14.8 Å². The Morgan fingerprint density at radius 2 is 2.20 bits per heavy atom. The van der Waals surface area contributed by atoms with Crippen molar-refractivity contribution in [3.8, 4) is 17.7 Å². The van der Waals surface area contributed by atoms with Gasteiger partial charge in [0.1, 0.15) is 28.6 Å². The van der Waals surface area contributed by atoms with Crippen LogP contribution in [0.2, 0.25) is 0 Å². The number of rotatable bonds is 7. The Bertz CT molecular complexity index is 1380. The van der Waals surface area contributed by atoms with E-state index in [4.69, 9.17) is 9.47 Å². The van der Waals surface area contributed by atoms with Crippen LogP contribution in [0.15, 0.2) is 53.0 Å². The second-order valence-corrected chi connectivity index (χ2v) is 8.88. The second-order valence-electron chi connectivity index (χ2n) is 8.88. The van der Waals surface area contributed by atoms with Crippen LogP contribution < -0.4 is 15.6 Å². The van der Waals surface area contributed by atoms with E-state index in [1.807, 2.05) is 45.0 Å². The molecule has 35 heavy (non-hydrogen) atoms. The number of nitrogens with one attached hydrogen (secondary N) is 1. The summed E-state index contributed by atoms with van der Waals surface area (Å²) in [6.07, 6.45) is 4.57. The number of hydrogen-bond acceptors (Lipinski definition) is 6. The number of benzene rings is 1. The number of ether oxygens (including phenoxy) is 2. The summed E-state index contributed by atoms with van der Waals surface area (Å²) in [7, 11) is 0. The molecule has 1 fully saturated rings. The minimum absolute atomic E-state index is 0.0220. The molecule has 0 radical (unpaired) electrons. The molecule has 1 aromatic carbocycles. The average Bonchev–Trinajstić information content (AvgIpc) is 3.36. The standard InChI is InChI=1S/C27H28N4O4/c1-17(2)21-10-9-18(3)13-23(21)35-26-22(27(33)31-11-5-4-8-24(31)30-26)14-19(15-28)25(32)29-16-20-7-6-12-34-20/h4-5,8-11,13-14,17,20H,6-7,12,16H2,1-3H3,(H,29,32)/b19-14+. The summed E-state index contributed by atoms with van der Waals surface area (Å²) in [5.74, 6) is 0.200. The molecule has 0 bridgehead atoms. The first-order valence-electron chi connectivity index (χ1n) is 11.7. The van der Waals surface area contributed by atoms with Gasteiger partial charge in [0, 0.05) is 19.3 Å². The van der Waals surface area contributed by atoms with Gasteiger partial charge in [0.15, 0.2) is 0 Å². The monoisotopic (exact) mass is 472 g/mol. The Morgan fingerprint density at radius 1 is 1.37 bits per heavy atom. The third-order valence-corrected chi connectivity index (χ3v) is 5.90. The van der Waals surface area contributed by atoms with Crippen molar-refractivity contribution in [1.82, 2.24) is 14.7 Å². The lowest BCUT2D eigenvalue weighted by atomic mass is 10.0. The van der Waals surface area contributed by atoms with E-state index in [1.165, 1.54) is 10.5 Å². The predicted molar refractivity (Wildman–Crippen MR) is 132 cm³/mol. The minimum atomic E-state index is -0.579. The molecule has 1 aliphatic rings. The number of aryl methyl sites for hydroxylation is 1. The lowest BCUT2D eigenvalue weighted by Crippen LogP contribution is -2.32. The first-order valence-corrected chi connectivity index (χ1v) is 11.7. The Balaban J connectivity index is 1.78. The van der Waals surface area contributed by atoms with Crippen molar-refractivity contribution in [2.24, 2.45) is 0 Å². The zero-order valence-electron chi connectivity index (χ0n) is 20.1. The van der Waals surface area contributed by atoms with Crippen molar-refractivity contribution in [3.63, 3.8) is 0 Å². The average molecular weight is 473 g/mol. The number of nitriles is 1. The molecule has 3 aromatic rings. The van der Waals surface area contributed by atoms with E-state index in [1.54, 1.807) is 24.4 Å². The van der Waals surface area contributed by atoms with E-state index in [9.17, 15) is 14.9 Å². The molecule has 1 amide bonds. The van der Waals surface area contributed by atoms with Gasteiger partial charge in [-0.15, -0.1) is 0 Å². The highest BCUT2D eigenvalue weighted by Crippen LogP contribution is 2.32. The molecule has 3 heterocycles. The molecule has 1 unspecified atom stereocenters. The first-order chi connectivity index (χ1) is 16.9. The van der Waals surface area contributed by atoms with Crippen molar-refractivity contribution in [2.75, 3.05) is 13.2 Å². The maximum atomic E-state index is 13.4. The molecule has 0 aliphatic carbocycles. The fourth-order valence-electron chi connectivity index (χ4n) is 3.99. The summed E-state index contributed by atoms with van der Waals surface area (Å²) >= 11 is 0. The smallest absolute Gasteiger partial charge is 0.269 e. The van der Waals surface area contributed by atoms with Crippen molar-refractivity contribution in [2.45, 2.75) is 45.6 Å². The van der Waals surface area contributed by atoms with Crippen molar-refractivity contribution >= 4 is 17.6 Å². The number of carbonyl (C=O) groups is 1. The molecule has 1 saturated heterocycles. The molecule has 8 nitrogen and oxygen atoms in total. The Hall–Kier alpha value is -3.96. The third kappa shape index (κ3) is 5.42. The Morgan fingerprint density at radius 3 is 2.91 bits per heavy atom. The number of aromatic nitrogens is 2. The van der Waals surface area contributed by atoms with Gasteiger partial charge in [-0.1, -0.05) is 32.0 Å². The van der Waals surface area contributed by atoms with Gasteiger partial charge in [0.2, 0.25) is 5.88 Å². The van der Waals surface area contributed by atoms with Crippen LogP contribution in [0.1, 0.15) is 49.3 Å². The summed E-state index contributed by atoms with van der Waals surface area (Å²) in [5, 5.41) is 12.4. The molecule has 0 saturated carbocycles. The lowest BCUT2D eigenvalue weighted by Gasteiger charge is -2.16. The van der Waals surface area contributed by atoms with E-state index in [-0.39, 0.29) is 29.0 Å². The van der Waals surface area contributed by atoms with Gasteiger partial charge in [-0.25, -0.2) is 0 Å². The maximum absolute atomic E-state index is 13.4. The molecular weight excluding hydrogens is 444 g/mol. The number of carbonyl (C=O) groups excluding carboxylic acids is 1. The molecule has 1 N–H and O–H groups in total. The van der Waals surface area contributed by atoms with Gasteiger partial charge in [-0.05, 0) is 61.1 Å². The number of nitrogens with zero attached hydrogens (tertiary/aromatic N) is 3. The quantitative estimate of drug-likeness (QED) is 0.410. The van der Waals surface area contributed by atoms with Crippen LogP contribution >= 0.6 is 0 Å². The summed E-state index contributed by atoms with van der Waals surface area (Å²) in [4.78, 5) is 30.7. The van der Waals surface area contributed by atoms with Gasteiger partial charge >= 0.3 is 0 Å². The molecule has 2 aromatic heterocycles. The third-order valence-electron chi connectivity index (χ3n) is 5.90. The van der Waals surface area contributed by atoms with E-state index in [0.29, 0.717) is 24.5 Å². The number of hydrogen-bond donors (Lipinski definition) is 1. The van der Waals surface area contributed by atoms with E-state index < -0.39 is 11.5 Å². The van der Waals surface area contributed by atoms with E-state index >= 15 is 0 Å². The normalized spacial score (nSPS) is 15.9. The van der Waals surface area contributed by atoms with Gasteiger partial charge in [-0.2, -0.15) is 10.2 Å². The molecule has 0 spiro atoms. The van der Waals surface area contributed by atoms with Gasteiger partial charge in [0.05, 0.1) is 6.10 Å². The number of amides is 1. The molecule has 180 valence electrons. The zero-order valence-corrected chi connectivity index (χ0v) is 20.1. The highest BCUT2D eigenvalue weighted by molar-refractivity contribution is 6.01. The van der Waals surface area contributed by atoms with E-state index in [0.717, 1.165) is 24.0 Å². The highest BCUT2D eigenvalue weighted by Gasteiger charge is 2.21. The first kappa shape index (κ1) is 24.2. The van der Waals surface area contributed by atoms with E-state index in [2.05, 4.69) is 10.3 Å². The summed E-state index contributed by atoms with van der Waals surface area (Å²) in [6, 6.07) is 13.0. The van der Waals surface area contributed by atoms with Crippen LogP contribution in [-0.4, -0.2) is 34.5 Å².